The van der Waals surface area contributed by atoms with Gasteiger partial charge in [-0.15, -0.1) is 4.91 Å². The van der Waals surface area contributed by atoms with Crippen molar-refractivity contribution in [2.45, 2.75) is 27.7 Å². The van der Waals surface area contributed by atoms with Crippen molar-refractivity contribution < 1.29 is 4.74 Å². The molecule has 0 amide bonds. The van der Waals surface area contributed by atoms with Crippen LogP contribution in [0.5, 0.6) is 5.75 Å². The molecule has 0 aliphatic rings. The summed E-state index contributed by atoms with van der Waals surface area (Å²) in [5, 5.41) is 3.24. The highest BCUT2D eigenvalue weighted by atomic mass is 16.5. The standard InChI is InChI=1S/C18H19N3O2/c1-5-23-15-10-11(2)14(9-12(15)3)17-18(20-22)21-13(4)7-6-8-16(21)19-17/h6-10H,5H2,1-4H3. The van der Waals surface area contributed by atoms with E-state index in [0.717, 1.165) is 33.8 Å². The lowest BCUT2D eigenvalue weighted by atomic mass is 10.0. The Bertz CT molecular complexity index is 897. The quantitative estimate of drug-likeness (QED) is 0.655. The van der Waals surface area contributed by atoms with Crippen molar-refractivity contribution in [3.05, 3.63) is 52.1 Å². The van der Waals surface area contributed by atoms with Crippen LogP contribution in [-0.2, 0) is 0 Å². The maximum Gasteiger partial charge on any atom is 0.209 e. The molecule has 0 saturated carbocycles. The van der Waals surface area contributed by atoms with Gasteiger partial charge in [-0.1, -0.05) is 6.07 Å². The normalized spacial score (nSPS) is 11.0. The van der Waals surface area contributed by atoms with E-state index < -0.39 is 0 Å². The molecule has 5 heteroatoms. The van der Waals surface area contributed by atoms with Gasteiger partial charge in [-0.05, 0) is 68.3 Å². The van der Waals surface area contributed by atoms with E-state index in [0.29, 0.717) is 18.1 Å². The number of benzene rings is 1. The Balaban J connectivity index is 2.27. The maximum absolute atomic E-state index is 11.5. The molecule has 0 fully saturated rings. The number of nitroso groups, excluding NO2 is 1. The van der Waals surface area contributed by atoms with Gasteiger partial charge in [0.2, 0.25) is 5.82 Å². The van der Waals surface area contributed by atoms with E-state index in [-0.39, 0.29) is 0 Å². The second-order valence-corrected chi connectivity index (χ2v) is 5.60. The van der Waals surface area contributed by atoms with Gasteiger partial charge in [0.25, 0.3) is 0 Å². The first-order valence-electron chi connectivity index (χ1n) is 7.62. The highest BCUT2D eigenvalue weighted by Crippen LogP contribution is 2.36. The third-order valence-electron chi connectivity index (χ3n) is 3.98. The molecule has 0 spiro atoms. The molecule has 0 aliphatic carbocycles. The summed E-state index contributed by atoms with van der Waals surface area (Å²) in [6.45, 7) is 8.49. The van der Waals surface area contributed by atoms with E-state index in [1.807, 2.05) is 58.0 Å². The van der Waals surface area contributed by atoms with E-state index in [4.69, 9.17) is 4.74 Å². The van der Waals surface area contributed by atoms with E-state index in [1.54, 1.807) is 4.40 Å². The van der Waals surface area contributed by atoms with Gasteiger partial charge < -0.3 is 4.74 Å². The maximum atomic E-state index is 11.5. The summed E-state index contributed by atoms with van der Waals surface area (Å²) >= 11 is 0. The lowest BCUT2D eigenvalue weighted by molar-refractivity contribution is 0.337. The summed E-state index contributed by atoms with van der Waals surface area (Å²) in [6.07, 6.45) is 0. The molecule has 5 nitrogen and oxygen atoms in total. The molecular weight excluding hydrogens is 290 g/mol. The number of hydrogen-bond acceptors (Lipinski definition) is 4. The Labute approximate surface area is 134 Å². The molecule has 0 saturated heterocycles. The molecule has 2 aromatic heterocycles. The topological polar surface area (TPSA) is 56.0 Å². The highest BCUT2D eigenvalue weighted by molar-refractivity contribution is 5.78. The predicted molar refractivity (Wildman–Crippen MR) is 91.5 cm³/mol. The van der Waals surface area contributed by atoms with Gasteiger partial charge in [0.15, 0.2) is 0 Å². The molecule has 1 aromatic carbocycles. The van der Waals surface area contributed by atoms with Crippen LogP contribution in [0.3, 0.4) is 0 Å². The first-order chi connectivity index (χ1) is 11.1. The number of hydrogen-bond donors (Lipinski definition) is 0. The molecule has 0 radical (unpaired) electrons. The lowest BCUT2D eigenvalue weighted by Gasteiger charge is -2.11. The first kappa shape index (κ1) is 15.2. The summed E-state index contributed by atoms with van der Waals surface area (Å²) in [5.74, 6) is 1.19. The Morgan fingerprint density at radius 2 is 1.96 bits per heavy atom. The van der Waals surface area contributed by atoms with Crippen LogP contribution in [0.1, 0.15) is 23.7 Å². The van der Waals surface area contributed by atoms with Gasteiger partial charge in [-0.3, -0.25) is 4.40 Å². The van der Waals surface area contributed by atoms with Crippen LogP contribution in [-0.4, -0.2) is 16.0 Å². The molecular formula is C18H19N3O2. The Morgan fingerprint density at radius 1 is 1.17 bits per heavy atom. The zero-order chi connectivity index (χ0) is 16.6. The molecule has 2 heterocycles. The molecule has 3 rings (SSSR count). The number of nitrogens with zero attached hydrogens (tertiary/aromatic N) is 3. The summed E-state index contributed by atoms with van der Waals surface area (Å²) in [4.78, 5) is 16.1. The summed E-state index contributed by atoms with van der Waals surface area (Å²) in [6, 6.07) is 9.73. The molecule has 23 heavy (non-hydrogen) atoms. The SMILES string of the molecule is CCOc1cc(C)c(-c2nc3cccc(C)n3c2N=O)cc1C. The Kier molecular flexibility index (Phi) is 3.86. The Morgan fingerprint density at radius 3 is 2.65 bits per heavy atom. The van der Waals surface area contributed by atoms with Crippen molar-refractivity contribution in [3.8, 4) is 17.0 Å². The fourth-order valence-electron chi connectivity index (χ4n) is 2.86. The Hall–Kier alpha value is -2.69. The van der Waals surface area contributed by atoms with Gasteiger partial charge in [-0.2, -0.15) is 0 Å². The van der Waals surface area contributed by atoms with Crippen molar-refractivity contribution in [2.24, 2.45) is 5.18 Å². The van der Waals surface area contributed by atoms with Crippen LogP contribution in [0.4, 0.5) is 5.82 Å². The fourth-order valence-corrected chi connectivity index (χ4v) is 2.86. The minimum absolute atomic E-state index is 0.338. The molecule has 0 N–H and O–H groups in total. The number of pyridine rings is 1. The van der Waals surface area contributed by atoms with E-state index in [9.17, 15) is 4.91 Å². The first-order valence-corrected chi connectivity index (χ1v) is 7.62. The zero-order valence-electron chi connectivity index (χ0n) is 13.8. The van der Waals surface area contributed by atoms with Crippen molar-refractivity contribution >= 4 is 11.5 Å². The number of aryl methyl sites for hydroxylation is 3. The molecule has 0 bridgehead atoms. The number of ether oxygens (including phenoxy) is 1. The van der Waals surface area contributed by atoms with Gasteiger partial charge >= 0.3 is 0 Å². The van der Waals surface area contributed by atoms with Gasteiger partial charge in [0.05, 0.1) is 6.61 Å². The molecule has 0 unspecified atom stereocenters. The monoisotopic (exact) mass is 309 g/mol. The molecule has 3 aromatic rings. The van der Waals surface area contributed by atoms with Gasteiger partial charge in [0, 0.05) is 11.3 Å². The lowest BCUT2D eigenvalue weighted by Crippen LogP contribution is -1.96. The van der Waals surface area contributed by atoms with Crippen LogP contribution >= 0.6 is 0 Å². The number of imidazole rings is 1. The third-order valence-corrected chi connectivity index (χ3v) is 3.98. The van der Waals surface area contributed by atoms with Crippen molar-refractivity contribution in [2.75, 3.05) is 6.61 Å². The smallest absolute Gasteiger partial charge is 0.209 e. The van der Waals surface area contributed by atoms with Crippen LogP contribution in [0, 0.1) is 25.7 Å². The van der Waals surface area contributed by atoms with Gasteiger partial charge in [0.1, 0.15) is 17.1 Å². The third kappa shape index (κ3) is 2.48. The molecule has 118 valence electrons. The second-order valence-electron chi connectivity index (χ2n) is 5.60. The zero-order valence-corrected chi connectivity index (χ0v) is 13.8. The van der Waals surface area contributed by atoms with E-state index >= 15 is 0 Å². The van der Waals surface area contributed by atoms with Crippen LogP contribution in [0.25, 0.3) is 16.9 Å². The highest BCUT2D eigenvalue weighted by Gasteiger charge is 2.18. The summed E-state index contributed by atoms with van der Waals surface area (Å²) in [7, 11) is 0. The van der Waals surface area contributed by atoms with Crippen LogP contribution in [0.15, 0.2) is 35.5 Å². The largest absolute Gasteiger partial charge is 0.494 e. The van der Waals surface area contributed by atoms with E-state index in [1.165, 1.54) is 0 Å². The number of aromatic nitrogens is 2. The molecule has 0 aliphatic heterocycles. The fraction of sp³-hybridized carbons (Fsp3) is 0.278. The average molecular weight is 309 g/mol. The average Bonchev–Trinajstić information content (AvgIpc) is 2.90. The van der Waals surface area contributed by atoms with Gasteiger partial charge in [-0.25, -0.2) is 4.98 Å². The second kappa shape index (κ2) is 5.83. The van der Waals surface area contributed by atoms with Crippen molar-refractivity contribution in [1.29, 1.82) is 0 Å². The minimum Gasteiger partial charge on any atom is -0.494 e. The van der Waals surface area contributed by atoms with Crippen LogP contribution < -0.4 is 4.74 Å². The number of fused-ring (bicyclic) bond motifs is 1. The van der Waals surface area contributed by atoms with Crippen molar-refractivity contribution in [3.63, 3.8) is 0 Å². The minimum atomic E-state index is 0.338. The van der Waals surface area contributed by atoms with Crippen molar-refractivity contribution in [1.82, 2.24) is 9.38 Å². The predicted octanol–water partition coefficient (Wildman–Crippen LogP) is 4.72. The molecule has 0 atom stereocenters. The summed E-state index contributed by atoms with van der Waals surface area (Å²) < 4.78 is 7.42. The summed E-state index contributed by atoms with van der Waals surface area (Å²) in [5.41, 5.74) is 5.18. The van der Waals surface area contributed by atoms with E-state index in [2.05, 4.69) is 10.2 Å². The van der Waals surface area contributed by atoms with Crippen LogP contribution in [0.2, 0.25) is 0 Å². The number of rotatable bonds is 4.